The Labute approximate surface area is 69.0 Å². The van der Waals surface area contributed by atoms with Crippen LogP contribution in [0.25, 0.3) is 0 Å². The van der Waals surface area contributed by atoms with Gasteiger partial charge in [-0.05, 0) is 12.7 Å². The maximum Gasteiger partial charge on any atom is 2.00 e. The van der Waals surface area contributed by atoms with Crippen molar-refractivity contribution in [3.8, 4) is 0 Å². The first-order valence-electron chi connectivity index (χ1n) is 2.17. The third kappa shape index (κ3) is 3.27. The van der Waals surface area contributed by atoms with Gasteiger partial charge in [-0.15, -0.1) is 12.2 Å². The van der Waals surface area contributed by atoms with Crippen LogP contribution in [0.2, 0.25) is 0 Å². The van der Waals surface area contributed by atoms with E-state index in [1.54, 1.807) is 6.08 Å². The van der Waals surface area contributed by atoms with E-state index in [0.717, 1.165) is 12.0 Å². The van der Waals surface area contributed by atoms with Gasteiger partial charge in [0.05, 0.1) is 0 Å². The molecule has 0 unspecified atom stereocenters. The molecule has 0 N–H and O–H groups in total. The molecule has 0 amide bonds. The summed E-state index contributed by atoms with van der Waals surface area (Å²) in [7, 11) is 0. The Morgan fingerprint density at radius 3 is 2.56 bits per heavy atom. The molecule has 0 saturated carbocycles. The minimum atomic E-state index is 0. The van der Waals surface area contributed by atoms with Crippen LogP contribution in [-0.4, -0.2) is 6.29 Å². The Kier molecular flexibility index (Phi) is 7.36. The molecule has 0 fully saturated rings. The van der Waals surface area contributed by atoms with Crippen molar-refractivity contribution in [1.82, 2.24) is 0 Å². The van der Waals surface area contributed by atoms with E-state index in [2.05, 4.69) is 0 Å². The molecule has 0 saturated heterocycles. The van der Waals surface area contributed by atoms with Gasteiger partial charge in [-0.1, -0.05) is 0 Å². The minimum absolute atomic E-state index is 0. The fraction of sp³-hybridized carbons (Fsp3) is 0.143. The summed E-state index contributed by atoms with van der Waals surface area (Å²) in [6, 6.07) is 0. The molecule has 0 atom stereocenters. The molecule has 2 heteroatoms. The van der Waals surface area contributed by atoms with E-state index in [1.807, 2.05) is 18.4 Å². The fourth-order valence-corrected chi connectivity index (χ4v) is 0.523. The molecule has 0 aromatic rings. The van der Waals surface area contributed by atoms with Gasteiger partial charge in [-0.25, -0.2) is 6.08 Å². The fourth-order valence-electron chi connectivity index (χ4n) is 0.523. The van der Waals surface area contributed by atoms with Gasteiger partial charge in [0.1, 0.15) is 0 Å². The van der Waals surface area contributed by atoms with Crippen molar-refractivity contribution in [1.29, 1.82) is 0 Å². The molecule has 1 radical (unpaired) electrons. The van der Waals surface area contributed by atoms with E-state index >= 15 is 0 Å². The Hall–Kier alpha value is -0.344. The number of carbonyl (C=O) groups excluding carboxylic acids is 1. The summed E-state index contributed by atoms with van der Waals surface area (Å²) >= 11 is 0. The number of hydrogen-bond donors (Lipinski definition) is 0. The molecule has 1 nitrogen and oxygen atoms in total. The monoisotopic (exact) mass is 169 g/mol. The largest absolute Gasteiger partial charge is 2.00 e. The molecule has 1 rings (SSSR count). The van der Waals surface area contributed by atoms with E-state index < -0.39 is 0 Å². The molecular formula is C7H10CoO-2. The number of rotatable bonds is 1. The van der Waals surface area contributed by atoms with Crippen molar-refractivity contribution in [2.75, 3.05) is 0 Å². The van der Waals surface area contributed by atoms with Gasteiger partial charge in [0.2, 0.25) is 0 Å². The number of allylic oxidation sites excluding steroid dienone is 4. The quantitative estimate of drug-likeness (QED) is 0.545. The van der Waals surface area contributed by atoms with Crippen LogP contribution in [0.15, 0.2) is 23.8 Å². The summed E-state index contributed by atoms with van der Waals surface area (Å²) in [5.74, 6) is 0. The van der Waals surface area contributed by atoms with Gasteiger partial charge < -0.3 is 15.1 Å². The van der Waals surface area contributed by atoms with E-state index in [4.69, 9.17) is 0 Å². The van der Waals surface area contributed by atoms with Crippen molar-refractivity contribution in [2.45, 2.75) is 6.42 Å². The molecule has 9 heavy (non-hydrogen) atoms. The predicted molar refractivity (Wildman–Crippen MR) is 36.2 cm³/mol. The molecule has 1 aliphatic carbocycles. The van der Waals surface area contributed by atoms with Crippen LogP contribution in [0.3, 0.4) is 0 Å². The molecular weight excluding hydrogens is 159 g/mol. The van der Waals surface area contributed by atoms with E-state index in [9.17, 15) is 4.79 Å². The van der Waals surface area contributed by atoms with Crippen LogP contribution >= 0.6 is 0 Å². The zero-order chi connectivity index (χ0) is 5.11. The third-order valence-corrected chi connectivity index (χ3v) is 0.902. The standard InChI is InChI=1S/C6H5O.CH3.Co.2H/c7-5-6-3-1-2-4-6;;;;/h1-3H,4H2;1H3;;;/q2*-1;+2;2*-1. The predicted octanol–water partition coefficient (Wildman–Crippen LogP) is 1.66. The third-order valence-electron chi connectivity index (χ3n) is 0.902. The van der Waals surface area contributed by atoms with Gasteiger partial charge in [0.25, 0.3) is 0 Å². The SMILES string of the molecule is O=[C-]C1=CC=CC1.[CH3-].[Co+2].[H-].[H-]. The summed E-state index contributed by atoms with van der Waals surface area (Å²) < 4.78 is 0. The van der Waals surface area contributed by atoms with Crippen molar-refractivity contribution >= 4 is 6.29 Å². The van der Waals surface area contributed by atoms with E-state index in [0.29, 0.717) is 0 Å². The van der Waals surface area contributed by atoms with Crippen LogP contribution in [-0.2, 0) is 21.6 Å². The second-order valence-electron chi connectivity index (χ2n) is 1.43. The van der Waals surface area contributed by atoms with Crippen molar-refractivity contribution in [2.24, 2.45) is 0 Å². The average molecular weight is 169 g/mol. The van der Waals surface area contributed by atoms with Crippen LogP contribution in [0.4, 0.5) is 0 Å². The van der Waals surface area contributed by atoms with Crippen LogP contribution in [0, 0.1) is 7.43 Å². The average Bonchev–Trinajstić information content (AvgIpc) is 2.14. The van der Waals surface area contributed by atoms with Crippen LogP contribution < -0.4 is 0 Å². The second kappa shape index (κ2) is 5.79. The second-order valence-corrected chi connectivity index (χ2v) is 1.43. The van der Waals surface area contributed by atoms with E-state index in [1.165, 1.54) is 0 Å². The summed E-state index contributed by atoms with van der Waals surface area (Å²) in [5.41, 5.74) is 0.750. The Morgan fingerprint density at radius 1 is 1.67 bits per heavy atom. The smallest absolute Gasteiger partial charge is 1.00 e. The zero-order valence-corrected chi connectivity index (χ0v) is 6.22. The summed E-state index contributed by atoms with van der Waals surface area (Å²) in [6.07, 6.45) is 8.14. The Bertz CT molecular complexity index is 143. The van der Waals surface area contributed by atoms with Crippen molar-refractivity contribution in [3.63, 3.8) is 0 Å². The van der Waals surface area contributed by atoms with Gasteiger partial charge in [-0.3, -0.25) is 0 Å². The van der Waals surface area contributed by atoms with Gasteiger partial charge in [0, 0.05) is 0 Å². The molecule has 0 heterocycles. The first kappa shape index (κ1) is 11.5. The maximum atomic E-state index is 9.77. The first-order valence-corrected chi connectivity index (χ1v) is 2.17. The topological polar surface area (TPSA) is 17.1 Å². The van der Waals surface area contributed by atoms with Crippen molar-refractivity contribution < 1.29 is 24.4 Å². The normalized spacial score (nSPS) is 13.1. The molecule has 0 aromatic heterocycles. The molecule has 0 aromatic carbocycles. The van der Waals surface area contributed by atoms with Gasteiger partial charge in [-0.2, -0.15) is 5.57 Å². The zero-order valence-electron chi connectivity index (χ0n) is 7.18. The van der Waals surface area contributed by atoms with E-state index in [-0.39, 0.29) is 27.1 Å². The van der Waals surface area contributed by atoms with Crippen molar-refractivity contribution in [3.05, 3.63) is 31.2 Å². The van der Waals surface area contributed by atoms with Crippen LogP contribution in [0.5, 0.6) is 0 Å². The first-order chi connectivity index (χ1) is 3.43. The summed E-state index contributed by atoms with van der Waals surface area (Å²) in [4.78, 5) is 9.77. The summed E-state index contributed by atoms with van der Waals surface area (Å²) in [5, 5.41) is 0. The molecule has 1 aliphatic rings. The number of hydrogen-bond acceptors (Lipinski definition) is 1. The molecule has 0 bridgehead atoms. The molecule has 55 valence electrons. The Balaban J connectivity index is -0.0000000612. The Morgan fingerprint density at radius 2 is 2.33 bits per heavy atom. The van der Waals surface area contributed by atoms with Gasteiger partial charge in [0.15, 0.2) is 0 Å². The molecule has 0 aliphatic heterocycles. The maximum absolute atomic E-state index is 9.77. The summed E-state index contributed by atoms with van der Waals surface area (Å²) in [6.45, 7) is 0. The van der Waals surface area contributed by atoms with Gasteiger partial charge >= 0.3 is 16.8 Å². The molecule has 0 spiro atoms. The minimum Gasteiger partial charge on any atom is -1.00 e. The van der Waals surface area contributed by atoms with Crippen LogP contribution in [0.1, 0.15) is 9.27 Å².